The quantitative estimate of drug-likeness (QED) is 0.149. The Morgan fingerprint density at radius 3 is 1.79 bits per heavy atom. The van der Waals surface area contributed by atoms with E-state index in [9.17, 15) is 0 Å². The highest BCUT2D eigenvalue weighted by Gasteiger charge is 2.19. The average Bonchev–Trinajstić information content (AvgIpc) is 3.94. The van der Waals surface area contributed by atoms with E-state index < -0.39 is 0 Å². The fourth-order valence-corrected chi connectivity index (χ4v) is 8.98. The van der Waals surface area contributed by atoms with Gasteiger partial charge in [-0.2, -0.15) is 0 Å². The molecule has 0 aliphatic rings. The molecule has 0 atom stereocenters. The van der Waals surface area contributed by atoms with E-state index in [2.05, 4.69) is 192 Å². The molecule has 3 heterocycles. The fourth-order valence-electron chi connectivity index (χ4n) is 8.98. The molecule has 0 saturated carbocycles. The summed E-state index contributed by atoms with van der Waals surface area (Å²) in [4.78, 5) is 0. The minimum atomic E-state index is 0.897. The van der Waals surface area contributed by atoms with Gasteiger partial charge in [0.05, 0.1) is 22.1 Å². The van der Waals surface area contributed by atoms with Gasteiger partial charge in [-0.1, -0.05) is 128 Å². The maximum atomic E-state index is 6.33. The number of benzene rings is 8. The molecule has 11 aromatic rings. The van der Waals surface area contributed by atoms with Crippen LogP contribution in [0, 0.1) is 0 Å². The molecule has 274 valence electrons. The van der Waals surface area contributed by atoms with Crippen LogP contribution in [0.2, 0.25) is 0 Å². The Balaban J connectivity index is 1.15. The van der Waals surface area contributed by atoms with Crippen LogP contribution in [0.25, 0.3) is 105 Å². The van der Waals surface area contributed by atoms with Crippen molar-refractivity contribution >= 4 is 71.1 Å². The largest absolute Gasteiger partial charge is 0.456 e. The zero-order chi connectivity index (χ0) is 38.7. The summed E-state index contributed by atoms with van der Waals surface area (Å²) in [5.41, 5.74) is 15.6. The molecular weight excluding hydrogens is 705 g/mol. The lowest BCUT2D eigenvalue weighted by Gasteiger charge is -2.11. The minimum absolute atomic E-state index is 0.897. The molecule has 0 saturated heterocycles. The number of aromatic nitrogens is 2. The van der Waals surface area contributed by atoms with Gasteiger partial charge < -0.3 is 13.6 Å². The second-order valence-electron chi connectivity index (χ2n) is 14.9. The first-order valence-electron chi connectivity index (χ1n) is 19.8. The summed E-state index contributed by atoms with van der Waals surface area (Å²) in [5, 5.41) is 7.14. The lowest BCUT2D eigenvalue weighted by atomic mass is 9.97. The van der Waals surface area contributed by atoms with Gasteiger partial charge in [-0.05, 0) is 119 Å². The molecule has 58 heavy (non-hydrogen) atoms. The van der Waals surface area contributed by atoms with E-state index in [0.29, 0.717) is 0 Å². The van der Waals surface area contributed by atoms with Crippen molar-refractivity contribution in [2.24, 2.45) is 0 Å². The number of para-hydroxylation sites is 3. The molecule has 0 bridgehead atoms. The number of hydrogen-bond donors (Lipinski definition) is 0. The molecular formula is C55H38N2O. The topological polar surface area (TPSA) is 23.0 Å². The van der Waals surface area contributed by atoms with Crippen LogP contribution in [-0.2, 0) is 0 Å². The van der Waals surface area contributed by atoms with Crippen molar-refractivity contribution in [1.29, 1.82) is 0 Å². The molecule has 8 aromatic carbocycles. The SMILES string of the molecule is C=C/C(=C\C=C/C)c1cccc(-n2c3ccc(-c4ccc5c(c4)c4ccccc4n5-c4ccccc4)cc3c3cc(-c4cccc5oc6ccccc6c45)ccc32)c1. The molecule has 3 aromatic heterocycles. The third-order valence-electron chi connectivity index (χ3n) is 11.6. The zero-order valence-electron chi connectivity index (χ0n) is 32.1. The summed E-state index contributed by atoms with van der Waals surface area (Å²) >= 11 is 0. The van der Waals surface area contributed by atoms with Crippen LogP contribution in [0.3, 0.4) is 0 Å². The van der Waals surface area contributed by atoms with Gasteiger partial charge in [0.2, 0.25) is 0 Å². The van der Waals surface area contributed by atoms with Crippen LogP contribution >= 0.6 is 0 Å². The maximum absolute atomic E-state index is 6.33. The highest BCUT2D eigenvalue weighted by Crippen LogP contribution is 2.42. The van der Waals surface area contributed by atoms with Crippen molar-refractivity contribution < 1.29 is 4.42 Å². The Bertz CT molecular complexity index is 3480. The lowest BCUT2D eigenvalue weighted by molar-refractivity contribution is 0.669. The summed E-state index contributed by atoms with van der Waals surface area (Å²) in [6.07, 6.45) is 8.15. The number of fused-ring (bicyclic) bond motifs is 9. The molecule has 3 heteroatoms. The number of nitrogens with zero attached hydrogens (tertiary/aromatic N) is 2. The van der Waals surface area contributed by atoms with Gasteiger partial charge in [0.1, 0.15) is 11.2 Å². The first kappa shape index (κ1) is 33.7. The predicted octanol–water partition coefficient (Wildman–Crippen LogP) is 15.3. The second-order valence-corrected chi connectivity index (χ2v) is 14.9. The minimum Gasteiger partial charge on any atom is -0.456 e. The maximum Gasteiger partial charge on any atom is 0.136 e. The number of allylic oxidation sites excluding steroid dienone is 5. The molecule has 0 aliphatic carbocycles. The van der Waals surface area contributed by atoms with Gasteiger partial charge in [0.25, 0.3) is 0 Å². The summed E-state index contributed by atoms with van der Waals surface area (Å²) in [6, 6.07) is 63.6. The smallest absolute Gasteiger partial charge is 0.136 e. The summed E-state index contributed by atoms with van der Waals surface area (Å²) < 4.78 is 11.1. The first-order valence-corrected chi connectivity index (χ1v) is 19.8. The van der Waals surface area contributed by atoms with Crippen LogP contribution in [0.15, 0.2) is 211 Å². The number of furan rings is 1. The van der Waals surface area contributed by atoms with E-state index in [1.165, 1.54) is 43.7 Å². The van der Waals surface area contributed by atoms with E-state index in [0.717, 1.165) is 66.6 Å². The van der Waals surface area contributed by atoms with Crippen molar-refractivity contribution in [3.05, 3.63) is 212 Å². The van der Waals surface area contributed by atoms with Crippen molar-refractivity contribution in [3.63, 3.8) is 0 Å². The summed E-state index contributed by atoms with van der Waals surface area (Å²) in [5.74, 6) is 0. The zero-order valence-corrected chi connectivity index (χ0v) is 32.1. The van der Waals surface area contributed by atoms with Crippen molar-refractivity contribution in [2.75, 3.05) is 0 Å². The molecule has 11 rings (SSSR count). The van der Waals surface area contributed by atoms with Gasteiger partial charge in [-0.25, -0.2) is 0 Å². The van der Waals surface area contributed by atoms with Crippen LogP contribution in [-0.4, -0.2) is 9.13 Å². The van der Waals surface area contributed by atoms with E-state index in [4.69, 9.17) is 4.42 Å². The van der Waals surface area contributed by atoms with E-state index in [1.807, 2.05) is 31.2 Å². The van der Waals surface area contributed by atoms with Gasteiger partial charge in [0, 0.05) is 43.7 Å². The molecule has 0 spiro atoms. The average molecular weight is 743 g/mol. The van der Waals surface area contributed by atoms with Crippen molar-refractivity contribution in [1.82, 2.24) is 9.13 Å². The molecule has 0 N–H and O–H groups in total. The van der Waals surface area contributed by atoms with Crippen LogP contribution < -0.4 is 0 Å². The highest BCUT2D eigenvalue weighted by atomic mass is 16.3. The van der Waals surface area contributed by atoms with Gasteiger partial charge in [-0.3, -0.25) is 0 Å². The van der Waals surface area contributed by atoms with Crippen molar-refractivity contribution in [2.45, 2.75) is 6.92 Å². The normalized spacial score (nSPS) is 12.3. The molecule has 0 unspecified atom stereocenters. The standard InChI is InChI=1S/C55H38N2O/c1-3-5-15-36(4-2)37-16-13-19-42(32-37)57-51-30-27-39(38-26-29-50-46(33-38)44-20-9-11-23-49(44)56(50)41-17-7-6-8-18-41)34-47(51)48-35-40(28-31-52(48)57)43-22-14-25-54-55(43)45-21-10-12-24-53(45)58-54/h3-35H,2H2,1H3/b5-3-,36-15+. The Hall–Kier alpha value is -7.62. The molecule has 0 amide bonds. The lowest BCUT2D eigenvalue weighted by Crippen LogP contribution is -1.95. The van der Waals surface area contributed by atoms with Gasteiger partial charge >= 0.3 is 0 Å². The van der Waals surface area contributed by atoms with Crippen LogP contribution in [0.5, 0.6) is 0 Å². The van der Waals surface area contributed by atoms with Crippen LogP contribution in [0.4, 0.5) is 0 Å². The Labute approximate surface area is 336 Å². The molecule has 3 nitrogen and oxygen atoms in total. The highest BCUT2D eigenvalue weighted by molar-refractivity contribution is 6.16. The summed E-state index contributed by atoms with van der Waals surface area (Å²) in [7, 11) is 0. The monoisotopic (exact) mass is 742 g/mol. The molecule has 0 fully saturated rings. The van der Waals surface area contributed by atoms with E-state index in [-0.39, 0.29) is 0 Å². The Kier molecular flexibility index (Phi) is 7.87. The third kappa shape index (κ3) is 5.28. The Morgan fingerprint density at radius 1 is 0.483 bits per heavy atom. The number of hydrogen-bond acceptors (Lipinski definition) is 1. The second kappa shape index (κ2) is 13.5. The van der Waals surface area contributed by atoms with Gasteiger partial charge in [0.15, 0.2) is 0 Å². The van der Waals surface area contributed by atoms with E-state index >= 15 is 0 Å². The van der Waals surface area contributed by atoms with Gasteiger partial charge in [-0.15, -0.1) is 0 Å². The molecule has 0 radical (unpaired) electrons. The van der Waals surface area contributed by atoms with Crippen molar-refractivity contribution in [3.8, 4) is 33.6 Å². The predicted molar refractivity (Wildman–Crippen MR) is 246 cm³/mol. The number of rotatable bonds is 7. The molecule has 0 aliphatic heterocycles. The fraction of sp³-hybridized carbons (Fsp3) is 0.0182. The Morgan fingerprint density at radius 2 is 1.05 bits per heavy atom. The first-order chi connectivity index (χ1) is 28.7. The summed E-state index contributed by atoms with van der Waals surface area (Å²) in [6.45, 7) is 6.16. The van der Waals surface area contributed by atoms with Crippen LogP contribution in [0.1, 0.15) is 12.5 Å². The third-order valence-corrected chi connectivity index (χ3v) is 11.6. The van der Waals surface area contributed by atoms with E-state index in [1.54, 1.807) is 0 Å².